The first kappa shape index (κ1) is 12.8. The molecule has 1 aromatic heterocycles. The van der Waals surface area contributed by atoms with Gasteiger partial charge < -0.3 is 4.74 Å². The highest BCUT2D eigenvalue weighted by Crippen LogP contribution is 2.30. The second-order valence-electron chi connectivity index (χ2n) is 2.71. The van der Waals surface area contributed by atoms with Crippen molar-refractivity contribution in [3.05, 3.63) is 23.4 Å². The Morgan fingerprint density at radius 3 is 2.69 bits per heavy atom. The number of rotatable bonds is 1. The Balaban J connectivity index is 3.21. The van der Waals surface area contributed by atoms with Gasteiger partial charge in [0.2, 0.25) is 5.88 Å². The maximum absolute atomic E-state index is 12.4. The quantitative estimate of drug-likeness (QED) is 0.587. The van der Waals surface area contributed by atoms with E-state index in [1.807, 2.05) is 0 Å². The lowest BCUT2D eigenvalue weighted by Gasteiger charge is -2.08. The molecule has 6 heteroatoms. The summed E-state index contributed by atoms with van der Waals surface area (Å²) in [6, 6.07) is 0.918. The number of aromatic nitrogens is 1. The maximum Gasteiger partial charge on any atom is 0.417 e. The average molecular weight is 294 g/mol. The standard InChI is InChI=1S/C10H7BrF3NO/c1-16-9-7(3-2-4-11)5-8(6-15-9)10(12,13)14/h5-6H,4H2,1H3. The fourth-order valence-corrected chi connectivity index (χ4v) is 1.13. The van der Waals surface area contributed by atoms with Gasteiger partial charge in [-0.25, -0.2) is 4.98 Å². The lowest BCUT2D eigenvalue weighted by atomic mass is 10.2. The molecule has 0 spiro atoms. The van der Waals surface area contributed by atoms with Crippen molar-refractivity contribution in [2.75, 3.05) is 12.4 Å². The van der Waals surface area contributed by atoms with Crippen molar-refractivity contribution in [2.24, 2.45) is 0 Å². The summed E-state index contributed by atoms with van der Waals surface area (Å²) >= 11 is 3.05. The van der Waals surface area contributed by atoms with E-state index in [-0.39, 0.29) is 11.4 Å². The number of hydrogen-bond donors (Lipinski definition) is 0. The Morgan fingerprint density at radius 1 is 1.50 bits per heavy atom. The second-order valence-corrected chi connectivity index (χ2v) is 3.27. The van der Waals surface area contributed by atoms with Crippen LogP contribution in [0.5, 0.6) is 5.88 Å². The highest BCUT2D eigenvalue weighted by atomic mass is 79.9. The van der Waals surface area contributed by atoms with E-state index in [1.165, 1.54) is 7.11 Å². The normalized spacial score (nSPS) is 10.6. The summed E-state index contributed by atoms with van der Waals surface area (Å²) in [6.07, 6.45) is -3.71. The summed E-state index contributed by atoms with van der Waals surface area (Å²) in [5, 5.41) is 0.367. The van der Waals surface area contributed by atoms with Gasteiger partial charge in [-0.15, -0.1) is 0 Å². The zero-order valence-corrected chi connectivity index (χ0v) is 9.82. The van der Waals surface area contributed by atoms with E-state index >= 15 is 0 Å². The van der Waals surface area contributed by atoms with Crippen LogP contribution in [0.2, 0.25) is 0 Å². The lowest BCUT2D eigenvalue weighted by molar-refractivity contribution is -0.137. The number of nitrogens with zero attached hydrogens (tertiary/aromatic N) is 1. The zero-order valence-electron chi connectivity index (χ0n) is 8.23. The minimum atomic E-state index is -4.43. The summed E-state index contributed by atoms with van der Waals surface area (Å²) in [5.74, 6) is 5.22. The summed E-state index contributed by atoms with van der Waals surface area (Å²) in [5.41, 5.74) is -0.719. The molecular weight excluding hydrogens is 287 g/mol. The molecule has 16 heavy (non-hydrogen) atoms. The van der Waals surface area contributed by atoms with Crippen molar-refractivity contribution >= 4 is 15.9 Å². The summed E-state index contributed by atoms with van der Waals surface area (Å²) < 4.78 is 42.0. The van der Waals surface area contributed by atoms with E-state index in [9.17, 15) is 13.2 Å². The van der Waals surface area contributed by atoms with Gasteiger partial charge >= 0.3 is 6.18 Å². The van der Waals surface area contributed by atoms with Crippen molar-refractivity contribution in [3.8, 4) is 17.7 Å². The minimum Gasteiger partial charge on any atom is -0.480 e. The molecule has 0 aliphatic heterocycles. The van der Waals surface area contributed by atoms with Crippen LogP contribution in [0.15, 0.2) is 12.3 Å². The fourth-order valence-electron chi connectivity index (χ4n) is 0.988. The molecule has 0 aromatic carbocycles. The molecule has 1 rings (SSSR count). The molecule has 86 valence electrons. The maximum atomic E-state index is 12.4. The third-order valence-corrected chi connectivity index (χ3v) is 1.94. The lowest BCUT2D eigenvalue weighted by Crippen LogP contribution is -2.06. The molecule has 0 aliphatic carbocycles. The van der Waals surface area contributed by atoms with E-state index in [0.717, 1.165) is 12.3 Å². The Kier molecular flexibility index (Phi) is 4.19. The number of pyridine rings is 1. The number of halogens is 4. The molecule has 0 atom stereocenters. The predicted molar refractivity (Wildman–Crippen MR) is 56.5 cm³/mol. The first-order valence-corrected chi connectivity index (χ1v) is 5.27. The Hall–Kier alpha value is -1.22. The van der Waals surface area contributed by atoms with Gasteiger partial charge in [0.05, 0.1) is 23.6 Å². The number of hydrogen-bond acceptors (Lipinski definition) is 2. The van der Waals surface area contributed by atoms with Gasteiger partial charge in [-0.05, 0) is 6.07 Å². The first-order chi connectivity index (χ1) is 7.49. The topological polar surface area (TPSA) is 22.1 Å². The van der Waals surface area contributed by atoms with Crippen molar-refractivity contribution in [3.63, 3.8) is 0 Å². The van der Waals surface area contributed by atoms with Gasteiger partial charge in [-0.1, -0.05) is 27.8 Å². The minimum absolute atomic E-state index is 0.0847. The molecule has 0 saturated carbocycles. The summed E-state index contributed by atoms with van der Waals surface area (Å²) in [7, 11) is 1.33. The van der Waals surface area contributed by atoms with Crippen LogP contribution >= 0.6 is 15.9 Å². The zero-order chi connectivity index (χ0) is 12.2. The molecular formula is C10H7BrF3NO. The molecule has 1 aromatic rings. The second kappa shape index (κ2) is 5.21. The molecule has 2 nitrogen and oxygen atoms in total. The monoisotopic (exact) mass is 293 g/mol. The van der Waals surface area contributed by atoms with Crippen molar-refractivity contribution in [1.29, 1.82) is 0 Å². The molecule has 0 N–H and O–H groups in total. The summed E-state index contributed by atoms with van der Waals surface area (Å²) in [4.78, 5) is 3.56. The van der Waals surface area contributed by atoms with E-state index in [4.69, 9.17) is 4.74 Å². The van der Waals surface area contributed by atoms with Crippen molar-refractivity contribution in [1.82, 2.24) is 4.98 Å². The summed E-state index contributed by atoms with van der Waals surface area (Å²) in [6.45, 7) is 0. The number of methoxy groups -OCH3 is 1. The molecule has 0 saturated heterocycles. The van der Waals surface area contributed by atoms with Crippen LogP contribution in [0.3, 0.4) is 0 Å². The van der Waals surface area contributed by atoms with Crippen LogP contribution in [0, 0.1) is 11.8 Å². The molecule has 1 heterocycles. The third-order valence-electron chi connectivity index (χ3n) is 1.66. The van der Waals surface area contributed by atoms with Crippen LogP contribution in [-0.2, 0) is 6.18 Å². The number of ether oxygens (including phenoxy) is 1. The van der Waals surface area contributed by atoms with Crippen LogP contribution in [0.25, 0.3) is 0 Å². The first-order valence-electron chi connectivity index (χ1n) is 4.15. The Morgan fingerprint density at radius 2 is 2.19 bits per heavy atom. The molecule has 0 aliphatic rings. The smallest absolute Gasteiger partial charge is 0.417 e. The fraction of sp³-hybridized carbons (Fsp3) is 0.300. The average Bonchev–Trinajstić information content (AvgIpc) is 2.24. The van der Waals surface area contributed by atoms with Crippen LogP contribution in [-0.4, -0.2) is 17.4 Å². The SMILES string of the molecule is COc1ncc(C(F)(F)F)cc1C#CCBr. The Labute approximate surface area is 99.0 Å². The molecule has 0 unspecified atom stereocenters. The van der Waals surface area contributed by atoms with E-state index < -0.39 is 11.7 Å². The van der Waals surface area contributed by atoms with Crippen LogP contribution in [0.4, 0.5) is 13.2 Å². The molecule has 0 radical (unpaired) electrons. The molecule has 0 bridgehead atoms. The largest absolute Gasteiger partial charge is 0.480 e. The van der Waals surface area contributed by atoms with Gasteiger partial charge in [0.1, 0.15) is 0 Å². The van der Waals surface area contributed by atoms with Gasteiger partial charge in [-0.3, -0.25) is 0 Å². The highest BCUT2D eigenvalue weighted by Gasteiger charge is 2.31. The Bertz CT molecular complexity index is 434. The van der Waals surface area contributed by atoms with Gasteiger partial charge in [0.25, 0.3) is 0 Å². The number of alkyl halides is 4. The van der Waals surface area contributed by atoms with Crippen LogP contribution < -0.4 is 4.74 Å². The van der Waals surface area contributed by atoms with Gasteiger partial charge in [0, 0.05) is 6.20 Å². The van der Waals surface area contributed by atoms with Crippen LogP contribution in [0.1, 0.15) is 11.1 Å². The van der Waals surface area contributed by atoms with Crippen molar-refractivity contribution < 1.29 is 17.9 Å². The van der Waals surface area contributed by atoms with Gasteiger partial charge in [-0.2, -0.15) is 13.2 Å². The predicted octanol–water partition coefficient (Wildman–Crippen LogP) is 2.86. The molecule has 0 amide bonds. The molecule has 0 fully saturated rings. The van der Waals surface area contributed by atoms with E-state index in [0.29, 0.717) is 5.33 Å². The third kappa shape index (κ3) is 3.14. The van der Waals surface area contributed by atoms with E-state index in [1.54, 1.807) is 0 Å². The highest BCUT2D eigenvalue weighted by molar-refractivity contribution is 9.09. The van der Waals surface area contributed by atoms with E-state index in [2.05, 4.69) is 32.8 Å². The van der Waals surface area contributed by atoms with Gasteiger partial charge in [0.15, 0.2) is 0 Å². The van der Waals surface area contributed by atoms with Crippen molar-refractivity contribution in [2.45, 2.75) is 6.18 Å².